The zero-order valence-electron chi connectivity index (χ0n) is 8.76. The third kappa shape index (κ3) is 1.53. The summed E-state index contributed by atoms with van der Waals surface area (Å²) >= 11 is 0. The minimum absolute atomic E-state index is 0.162. The molecule has 0 radical (unpaired) electrons. The molecule has 1 N–H and O–H groups in total. The van der Waals surface area contributed by atoms with Gasteiger partial charge in [0.15, 0.2) is 0 Å². The summed E-state index contributed by atoms with van der Waals surface area (Å²) in [5.74, 6) is -0.162. The standard InChI is InChI=1S/C9H16N2O2/c1-8(2,3)11-6(12)9(4,5)10-7(11)13/h1-5H3,(H,10,13). The van der Waals surface area contributed by atoms with Crippen LogP contribution in [0.3, 0.4) is 0 Å². The van der Waals surface area contributed by atoms with Crippen LogP contribution in [0.15, 0.2) is 0 Å². The summed E-state index contributed by atoms with van der Waals surface area (Å²) in [6.45, 7) is 8.93. The summed E-state index contributed by atoms with van der Waals surface area (Å²) in [5, 5.41) is 2.64. The van der Waals surface area contributed by atoms with E-state index in [-0.39, 0.29) is 11.9 Å². The highest BCUT2D eigenvalue weighted by molar-refractivity contribution is 6.07. The number of urea groups is 1. The molecule has 0 atom stereocenters. The lowest BCUT2D eigenvalue weighted by Crippen LogP contribution is -2.47. The predicted molar refractivity (Wildman–Crippen MR) is 49.2 cm³/mol. The number of carbonyl (C=O) groups excluding carboxylic acids is 2. The highest BCUT2D eigenvalue weighted by Gasteiger charge is 2.48. The van der Waals surface area contributed by atoms with Crippen LogP contribution in [0.2, 0.25) is 0 Å². The summed E-state index contributed by atoms with van der Waals surface area (Å²) < 4.78 is 0. The van der Waals surface area contributed by atoms with Crippen molar-refractivity contribution in [3.05, 3.63) is 0 Å². The highest BCUT2D eigenvalue weighted by Crippen LogP contribution is 2.24. The van der Waals surface area contributed by atoms with Crippen LogP contribution < -0.4 is 5.32 Å². The topological polar surface area (TPSA) is 49.4 Å². The van der Waals surface area contributed by atoms with E-state index in [1.54, 1.807) is 13.8 Å². The summed E-state index contributed by atoms with van der Waals surface area (Å²) in [6, 6.07) is -0.303. The van der Waals surface area contributed by atoms with Gasteiger partial charge in [-0.15, -0.1) is 0 Å². The van der Waals surface area contributed by atoms with E-state index >= 15 is 0 Å². The van der Waals surface area contributed by atoms with Crippen molar-refractivity contribution in [2.24, 2.45) is 0 Å². The lowest BCUT2D eigenvalue weighted by molar-refractivity contribution is -0.133. The van der Waals surface area contributed by atoms with E-state index in [1.165, 1.54) is 4.90 Å². The maximum atomic E-state index is 11.7. The van der Waals surface area contributed by atoms with E-state index in [4.69, 9.17) is 0 Å². The van der Waals surface area contributed by atoms with E-state index in [0.29, 0.717) is 0 Å². The molecule has 0 bridgehead atoms. The van der Waals surface area contributed by atoms with Gasteiger partial charge in [0, 0.05) is 5.54 Å². The number of carbonyl (C=O) groups is 2. The van der Waals surface area contributed by atoms with Gasteiger partial charge in [-0.05, 0) is 34.6 Å². The minimum atomic E-state index is -0.760. The van der Waals surface area contributed by atoms with Gasteiger partial charge in [0.25, 0.3) is 5.91 Å². The molecule has 1 rings (SSSR count). The van der Waals surface area contributed by atoms with Crippen LogP contribution in [-0.4, -0.2) is 27.9 Å². The lowest BCUT2D eigenvalue weighted by atomic mass is 10.0. The average Bonchev–Trinajstić information content (AvgIpc) is 1.99. The fourth-order valence-electron chi connectivity index (χ4n) is 1.36. The van der Waals surface area contributed by atoms with Crippen molar-refractivity contribution < 1.29 is 9.59 Å². The summed E-state index contributed by atoms with van der Waals surface area (Å²) in [6.07, 6.45) is 0. The molecule has 1 aliphatic heterocycles. The smallest absolute Gasteiger partial charge is 0.324 e. The Kier molecular flexibility index (Phi) is 1.90. The number of rotatable bonds is 0. The Balaban J connectivity index is 3.03. The predicted octanol–water partition coefficient (Wildman–Crippen LogP) is 1.12. The van der Waals surface area contributed by atoms with Gasteiger partial charge in [0.1, 0.15) is 5.54 Å². The molecule has 74 valence electrons. The Morgan fingerprint density at radius 1 is 1.23 bits per heavy atom. The summed E-state index contributed by atoms with van der Waals surface area (Å²) in [5.41, 5.74) is -1.21. The number of amides is 3. The molecule has 0 aromatic rings. The molecule has 0 aromatic heterocycles. The quantitative estimate of drug-likeness (QED) is 0.573. The zero-order chi connectivity index (χ0) is 10.4. The molecular formula is C9H16N2O2. The molecule has 0 aromatic carbocycles. The van der Waals surface area contributed by atoms with E-state index in [9.17, 15) is 9.59 Å². The summed E-state index contributed by atoms with van der Waals surface area (Å²) in [4.78, 5) is 24.4. The molecule has 4 heteroatoms. The molecule has 1 heterocycles. The van der Waals surface area contributed by atoms with Gasteiger partial charge in [0.2, 0.25) is 0 Å². The van der Waals surface area contributed by atoms with Crippen molar-refractivity contribution >= 4 is 11.9 Å². The fraction of sp³-hybridized carbons (Fsp3) is 0.778. The summed E-state index contributed by atoms with van der Waals surface area (Å²) in [7, 11) is 0. The van der Waals surface area contributed by atoms with Crippen molar-refractivity contribution in [3.63, 3.8) is 0 Å². The normalized spacial score (nSPS) is 22.1. The maximum Gasteiger partial charge on any atom is 0.325 e. The zero-order valence-corrected chi connectivity index (χ0v) is 8.76. The van der Waals surface area contributed by atoms with Crippen LogP contribution in [0, 0.1) is 0 Å². The largest absolute Gasteiger partial charge is 0.325 e. The molecule has 1 aliphatic rings. The molecule has 13 heavy (non-hydrogen) atoms. The van der Waals surface area contributed by atoms with E-state index < -0.39 is 11.1 Å². The first kappa shape index (κ1) is 10.0. The minimum Gasteiger partial charge on any atom is -0.324 e. The van der Waals surface area contributed by atoms with Gasteiger partial charge in [-0.25, -0.2) is 4.79 Å². The van der Waals surface area contributed by atoms with E-state index in [0.717, 1.165) is 0 Å². The van der Waals surface area contributed by atoms with Gasteiger partial charge in [-0.1, -0.05) is 0 Å². The van der Waals surface area contributed by atoms with Crippen molar-refractivity contribution in [2.45, 2.75) is 45.7 Å². The van der Waals surface area contributed by atoms with Gasteiger partial charge in [-0.2, -0.15) is 0 Å². The number of nitrogens with zero attached hydrogens (tertiary/aromatic N) is 1. The van der Waals surface area contributed by atoms with Crippen LogP contribution in [0.1, 0.15) is 34.6 Å². The SMILES string of the molecule is CC1(C)NC(=O)N(C(C)(C)C)C1=O. The van der Waals surface area contributed by atoms with Gasteiger partial charge >= 0.3 is 6.03 Å². The first-order valence-corrected chi connectivity index (χ1v) is 4.33. The number of imide groups is 1. The highest BCUT2D eigenvalue weighted by atomic mass is 16.2. The Morgan fingerprint density at radius 3 is 1.85 bits per heavy atom. The van der Waals surface area contributed by atoms with Crippen LogP contribution in [0.5, 0.6) is 0 Å². The van der Waals surface area contributed by atoms with Crippen LogP contribution in [0.4, 0.5) is 4.79 Å². The molecular weight excluding hydrogens is 168 g/mol. The van der Waals surface area contributed by atoms with E-state index in [1.807, 2.05) is 20.8 Å². The monoisotopic (exact) mass is 184 g/mol. The van der Waals surface area contributed by atoms with Gasteiger partial charge in [-0.3, -0.25) is 9.69 Å². The molecule has 0 saturated carbocycles. The average molecular weight is 184 g/mol. The van der Waals surface area contributed by atoms with Gasteiger partial charge in [0.05, 0.1) is 0 Å². The Morgan fingerprint density at radius 2 is 1.69 bits per heavy atom. The Labute approximate surface area is 78.3 Å². The second-order valence-corrected chi connectivity index (χ2v) is 4.87. The molecule has 0 spiro atoms. The van der Waals surface area contributed by atoms with Crippen molar-refractivity contribution in [1.29, 1.82) is 0 Å². The molecule has 1 saturated heterocycles. The van der Waals surface area contributed by atoms with Crippen LogP contribution in [0.25, 0.3) is 0 Å². The first-order chi connectivity index (χ1) is 5.66. The Bertz CT molecular complexity index is 263. The third-order valence-corrected chi connectivity index (χ3v) is 2.03. The Hall–Kier alpha value is -1.06. The maximum absolute atomic E-state index is 11.7. The lowest BCUT2D eigenvalue weighted by Gasteiger charge is -2.29. The fourth-order valence-corrected chi connectivity index (χ4v) is 1.36. The van der Waals surface area contributed by atoms with Crippen molar-refractivity contribution in [2.75, 3.05) is 0 Å². The van der Waals surface area contributed by atoms with Crippen LogP contribution in [-0.2, 0) is 4.79 Å². The molecule has 0 unspecified atom stereocenters. The van der Waals surface area contributed by atoms with Crippen molar-refractivity contribution in [1.82, 2.24) is 10.2 Å². The second-order valence-electron chi connectivity index (χ2n) is 4.87. The third-order valence-electron chi connectivity index (χ3n) is 2.03. The molecule has 4 nitrogen and oxygen atoms in total. The van der Waals surface area contributed by atoms with Crippen molar-refractivity contribution in [3.8, 4) is 0 Å². The molecule has 0 aliphatic carbocycles. The number of nitrogens with one attached hydrogen (secondary N) is 1. The second kappa shape index (κ2) is 2.47. The molecule has 3 amide bonds. The first-order valence-electron chi connectivity index (χ1n) is 4.33. The van der Waals surface area contributed by atoms with E-state index in [2.05, 4.69) is 5.32 Å². The molecule has 1 fully saturated rings. The number of hydrogen-bond acceptors (Lipinski definition) is 2. The van der Waals surface area contributed by atoms with Gasteiger partial charge < -0.3 is 5.32 Å². The van der Waals surface area contributed by atoms with Crippen LogP contribution >= 0.6 is 0 Å². The number of hydrogen-bond donors (Lipinski definition) is 1.